The highest BCUT2D eigenvalue weighted by atomic mass is 35.5. The zero-order chi connectivity index (χ0) is 19.4. The van der Waals surface area contributed by atoms with Gasteiger partial charge >= 0.3 is 0 Å². The first-order valence-electron chi connectivity index (χ1n) is 9.19. The summed E-state index contributed by atoms with van der Waals surface area (Å²) in [5.41, 5.74) is 2.52. The van der Waals surface area contributed by atoms with Gasteiger partial charge < -0.3 is 20.3 Å². The maximum atomic E-state index is 12.6. The number of rotatable bonds is 1. The van der Waals surface area contributed by atoms with Gasteiger partial charge in [-0.2, -0.15) is 0 Å². The molecule has 2 saturated heterocycles. The van der Waals surface area contributed by atoms with E-state index in [0.717, 1.165) is 18.5 Å². The van der Waals surface area contributed by atoms with Crippen molar-refractivity contribution in [1.29, 1.82) is 0 Å². The predicted octanol–water partition coefficient (Wildman–Crippen LogP) is 2.74. The van der Waals surface area contributed by atoms with Gasteiger partial charge in [0.2, 0.25) is 0 Å². The lowest BCUT2D eigenvalue weighted by Crippen LogP contribution is -2.59. The number of piperidine rings is 1. The van der Waals surface area contributed by atoms with E-state index in [1.54, 1.807) is 23.0 Å². The summed E-state index contributed by atoms with van der Waals surface area (Å²) < 4.78 is 6.23. The number of benzene rings is 1. The van der Waals surface area contributed by atoms with Gasteiger partial charge in [0.25, 0.3) is 11.8 Å². The van der Waals surface area contributed by atoms with Gasteiger partial charge in [-0.05, 0) is 31.0 Å². The molecule has 1 unspecified atom stereocenters. The Bertz CT molecular complexity index is 943. The quantitative estimate of drug-likeness (QED) is 0.744. The molecule has 3 aliphatic heterocycles. The largest absolute Gasteiger partial charge is 0.370 e. The molecule has 1 aromatic carbocycles. The first-order valence-corrected chi connectivity index (χ1v) is 10.5. The highest BCUT2D eigenvalue weighted by molar-refractivity contribution is 7.07. The van der Waals surface area contributed by atoms with Crippen molar-refractivity contribution in [2.24, 2.45) is 0 Å². The maximum Gasteiger partial charge on any atom is 0.273 e. The van der Waals surface area contributed by atoms with Crippen LogP contribution >= 0.6 is 22.9 Å². The Balaban J connectivity index is 1.29. The van der Waals surface area contributed by atoms with E-state index < -0.39 is 5.66 Å². The molecule has 0 bridgehead atoms. The second-order valence-electron chi connectivity index (χ2n) is 7.67. The molecule has 3 aliphatic rings. The number of carbonyl (C=O) groups excluding carboxylic acids is 2. The molecule has 9 heteroatoms. The van der Waals surface area contributed by atoms with Crippen molar-refractivity contribution in [3.05, 3.63) is 45.4 Å². The van der Waals surface area contributed by atoms with Crippen molar-refractivity contribution in [2.75, 3.05) is 25.0 Å². The van der Waals surface area contributed by atoms with Crippen molar-refractivity contribution in [2.45, 2.75) is 30.5 Å². The van der Waals surface area contributed by atoms with Crippen molar-refractivity contribution < 1.29 is 14.3 Å². The van der Waals surface area contributed by atoms with E-state index in [-0.39, 0.29) is 17.4 Å². The van der Waals surface area contributed by atoms with Crippen LogP contribution < -0.4 is 10.6 Å². The molecular formula is C19H19ClN4O3S. The van der Waals surface area contributed by atoms with Gasteiger partial charge in [0.1, 0.15) is 11.4 Å². The van der Waals surface area contributed by atoms with Crippen LogP contribution in [-0.4, -0.2) is 52.7 Å². The molecule has 2 fully saturated rings. The Kier molecular flexibility index (Phi) is 4.12. The number of likely N-dealkylation sites (tertiary alicyclic amines) is 1. The summed E-state index contributed by atoms with van der Waals surface area (Å²) >= 11 is 7.44. The molecule has 4 heterocycles. The van der Waals surface area contributed by atoms with Crippen LogP contribution in [0.5, 0.6) is 0 Å². The molecule has 5 rings (SSSR count). The Morgan fingerprint density at radius 1 is 1.29 bits per heavy atom. The molecule has 2 N–H and O–H groups in total. The molecule has 0 aliphatic carbocycles. The van der Waals surface area contributed by atoms with E-state index in [1.165, 1.54) is 11.3 Å². The Morgan fingerprint density at radius 2 is 2.11 bits per heavy atom. The minimum absolute atomic E-state index is 0.0290. The van der Waals surface area contributed by atoms with E-state index >= 15 is 0 Å². The molecule has 2 aromatic rings. The van der Waals surface area contributed by atoms with Crippen molar-refractivity contribution >= 4 is 40.4 Å². The molecule has 7 nitrogen and oxygen atoms in total. The van der Waals surface area contributed by atoms with E-state index in [0.29, 0.717) is 42.4 Å². The lowest BCUT2D eigenvalue weighted by atomic mass is 9.84. The molecule has 1 atom stereocenters. The molecule has 28 heavy (non-hydrogen) atoms. The Hall–Kier alpha value is -2.16. The topological polar surface area (TPSA) is 83.6 Å². The SMILES string of the molecule is O=C1NC2(COC3(CCN(C(=O)c4cscn4)CC3)C2)Nc2ccc(Cl)cc21. The number of ether oxygens (including phenoxy) is 1. The summed E-state index contributed by atoms with van der Waals surface area (Å²) in [6.07, 6.45) is 2.12. The number of aromatic nitrogens is 1. The number of nitrogens with zero attached hydrogens (tertiary/aromatic N) is 2. The van der Waals surface area contributed by atoms with Gasteiger partial charge in [-0.25, -0.2) is 4.98 Å². The molecule has 146 valence electrons. The van der Waals surface area contributed by atoms with Crippen LogP contribution in [0.25, 0.3) is 0 Å². The zero-order valence-electron chi connectivity index (χ0n) is 15.0. The van der Waals surface area contributed by atoms with Crippen LogP contribution in [0.1, 0.15) is 40.1 Å². The summed E-state index contributed by atoms with van der Waals surface area (Å²) in [5.74, 6) is -0.174. The number of hydrogen-bond donors (Lipinski definition) is 2. The molecule has 2 amide bonds. The monoisotopic (exact) mass is 418 g/mol. The number of hydrogen-bond acceptors (Lipinski definition) is 6. The summed E-state index contributed by atoms with van der Waals surface area (Å²) in [7, 11) is 0. The molecular weight excluding hydrogens is 400 g/mol. The highest BCUT2D eigenvalue weighted by Crippen LogP contribution is 2.43. The predicted molar refractivity (Wildman–Crippen MR) is 106 cm³/mol. The molecule has 2 spiro atoms. The third-order valence-corrected chi connectivity index (χ3v) is 6.64. The smallest absolute Gasteiger partial charge is 0.273 e. The normalized spacial score (nSPS) is 25.5. The zero-order valence-corrected chi connectivity index (χ0v) is 16.6. The number of thiazole rings is 1. The van der Waals surface area contributed by atoms with Gasteiger partial charge in [-0.15, -0.1) is 11.3 Å². The number of fused-ring (bicyclic) bond motifs is 1. The first-order chi connectivity index (χ1) is 13.5. The van der Waals surface area contributed by atoms with Crippen molar-refractivity contribution in [3.8, 4) is 0 Å². The van der Waals surface area contributed by atoms with Gasteiger partial charge in [0.15, 0.2) is 0 Å². The van der Waals surface area contributed by atoms with Crippen LogP contribution in [0.15, 0.2) is 29.1 Å². The average Bonchev–Trinajstić information content (AvgIpc) is 3.32. The Labute approximate surface area is 171 Å². The second-order valence-corrected chi connectivity index (χ2v) is 8.82. The second kappa shape index (κ2) is 6.43. The lowest BCUT2D eigenvalue weighted by molar-refractivity contribution is -0.0394. The number of amides is 2. The minimum Gasteiger partial charge on any atom is -0.370 e. The summed E-state index contributed by atoms with van der Waals surface area (Å²) in [4.78, 5) is 31.1. The number of nitrogens with one attached hydrogen (secondary N) is 2. The summed E-state index contributed by atoms with van der Waals surface area (Å²) in [6.45, 7) is 1.63. The fraction of sp³-hybridized carbons (Fsp3) is 0.421. The Morgan fingerprint density at radius 3 is 2.86 bits per heavy atom. The maximum absolute atomic E-state index is 12.6. The van der Waals surface area contributed by atoms with Crippen molar-refractivity contribution in [3.63, 3.8) is 0 Å². The summed E-state index contributed by atoms with van der Waals surface area (Å²) in [6, 6.07) is 5.27. The lowest BCUT2D eigenvalue weighted by Gasteiger charge is -2.40. The minimum atomic E-state index is -0.626. The highest BCUT2D eigenvalue weighted by Gasteiger charge is 2.53. The van der Waals surface area contributed by atoms with Crippen LogP contribution in [0.2, 0.25) is 5.02 Å². The van der Waals surface area contributed by atoms with Crippen LogP contribution in [0, 0.1) is 0 Å². The number of anilines is 1. The van der Waals surface area contributed by atoms with E-state index in [1.807, 2.05) is 11.0 Å². The van der Waals surface area contributed by atoms with Crippen LogP contribution in [0.4, 0.5) is 5.69 Å². The number of halogens is 1. The van der Waals surface area contributed by atoms with Crippen LogP contribution in [0.3, 0.4) is 0 Å². The van der Waals surface area contributed by atoms with Crippen LogP contribution in [-0.2, 0) is 4.74 Å². The summed E-state index contributed by atoms with van der Waals surface area (Å²) in [5, 5.41) is 8.84. The standard InChI is InChI=1S/C19H19ClN4O3S/c20-12-1-2-14-13(7-12)16(25)23-19(22-14)9-18(27-10-19)3-5-24(6-4-18)17(26)15-8-28-11-21-15/h1-2,7-8,11,22H,3-6,9-10H2,(H,23,25). The fourth-order valence-electron chi connectivity index (χ4n) is 4.39. The van der Waals surface area contributed by atoms with E-state index in [4.69, 9.17) is 16.3 Å². The van der Waals surface area contributed by atoms with E-state index in [2.05, 4.69) is 15.6 Å². The van der Waals surface area contributed by atoms with Crippen molar-refractivity contribution in [1.82, 2.24) is 15.2 Å². The van der Waals surface area contributed by atoms with Gasteiger partial charge in [-0.3, -0.25) is 9.59 Å². The third kappa shape index (κ3) is 2.96. The molecule has 0 saturated carbocycles. The third-order valence-electron chi connectivity index (χ3n) is 5.82. The average molecular weight is 419 g/mol. The van der Waals surface area contributed by atoms with Gasteiger partial charge in [0.05, 0.1) is 23.3 Å². The molecule has 1 aromatic heterocycles. The van der Waals surface area contributed by atoms with E-state index in [9.17, 15) is 9.59 Å². The molecule has 0 radical (unpaired) electrons. The first kappa shape index (κ1) is 17.9. The number of carbonyl (C=O) groups is 2. The fourth-order valence-corrected chi connectivity index (χ4v) is 5.09. The van der Waals surface area contributed by atoms with Gasteiger partial charge in [-0.1, -0.05) is 11.6 Å². The van der Waals surface area contributed by atoms with Gasteiger partial charge in [0, 0.05) is 35.6 Å².